The second-order valence-electron chi connectivity index (χ2n) is 3.58. The van der Waals surface area contributed by atoms with Gasteiger partial charge in [-0.2, -0.15) is 0 Å². The van der Waals surface area contributed by atoms with Gasteiger partial charge in [0.2, 0.25) is 0 Å². The van der Waals surface area contributed by atoms with Crippen molar-refractivity contribution in [3.63, 3.8) is 0 Å². The van der Waals surface area contributed by atoms with E-state index >= 15 is 0 Å². The van der Waals surface area contributed by atoms with Crippen LogP contribution in [0.5, 0.6) is 0 Å². The number of nitrogens with one attached hydrogen (secondary N) is 1. The van der Waals surface area contributed by atoms with Gasteiger partial charge in [0, 0.05) is 21.1 Å². The largest absolute Gasteiger partial charge is 0.308 e. The van der Waals surface area contributed by atoms with E-state index in [0.29, 0.717) is 5.82 Å². The van der Waals surface area contributed by atoms with Crippen LogP contribution in [0.2, 0.25) is 0 Å². The Hall–Kier alpha value is -0.980. The summed E-state index contributed by atoms with van der Waals surface area (Å²) < 4.78 is 1.09. The molecular formula is C11H13BrN4S. The molecule has 2 aromatic heterocycles. The molecule has 0 unspecified atom stereocenters. The summed E-state index contributed by atoms with van der Waals surface area (Å²) >= 11 is 5.16. The molecule has 17 heavy (non-hydrogen) atoms. The molecule has 0 aliphatic rings. The van der Waals surface area contributed by atoms with Crippen LogP contribution < -0.4 is 11.3 Å². The minimum absolute atomic E-state index is 0.647. The van der Waals surface area contributed by atoms with Gasteiger partial charge >= 0.3 is 0 Å². The summed E-state index contributed by atoms with van der Waals surface area (Å²) in [6.07, 6.45) is 0.857. The number of hydrogen-bond acceptors (Lipinski definition) is 5. The molecule has 0 radical (unpaired) electrons. The van der Waals surface area contributed by atoms with Crippen LogP contribution >= 0.6 is 27.3 Å². The lowest BCUT2D eigenvalue weighted by molar-refractivity contribution is 1.00. The molecule has 90 valence electrons. The minimum atomic E-state index is 0.647. The van der Waals surface area contributed by atoms with Crippen LogP contribution in [0, 0.1) is 6.92 Å². The van der Waals surface area contributed by atoms with Gasteiger partial charge in [0.1, 0.15) is 5.82 Å². The fourth-order valence-corrected chi connectivity index (χ4v) is 2.90. The molecule has 0 spiro atoms. The van der Waals surface area contributed by atoms with Crippen molar-refractivity contribution in [2.24, 2.45) is 5.84 Å². The molecule has 0 aromatic carbocycles. The third-order valence-corrected chi connectivity index (χ3v) is 4.50. The van der Waals surface area contributed by atoms with Gasteiger partial charge in [-0.15, -0.1) is 11.3 Å². The van der Waals surface area contributed by atoms with Crippen LogP contribution in [0.3, 0.4) is 0 Å². The minimum Gasteiger partial charge on any atom is -0.308 e. The maximum Gasteiger partial charge on any atom is 0.171 e. The van der Waals surface area contributed by atoms with Crippen LogP contribution in [0.15, 0.2) is 16.6 Å². The summed E-state index contributed by atoms with van der Waals surface area (Å²) in [4.78, 5) is 11.1. The van der Waals surface area contributed by atoms with E-state index in [0.717, 1.165) is 27.3 Å². The number of hydrazine groups is 1. The molecule has 0 saturated carbocycles. The van der Waals surface area contributed by atoms with E-state index in [1.54, 1.807) is 11.3 Å². The predicted octanol–water partition coefficient (Wildman–Crippen LogP) is 3.12. The van der Waals surface area contributed by atoms with Crippen molar-refractivity contribution in [1.29, 1.82) is 0 Å². The zero-order chi connectivity index (χ0) is 12.4. The maximum atomic E-state index is 5.41. The van der Waals surface area contributed by atoms with Crippen molar-refractivity contribution in [3.05, 3.63) is 27.2 Å². The lowest BCUT2D eigenvalue weighted by Gasteiger charge is -2.04. The molecule has 6 heteroatoms. The van der Waals surface area contributed by atoms with Gasteiger partial charge in [0.15, 0.2) is 5.82 Å². The molecule has 0 fully saturated rings. The third-order valence-electron chi connectivity index (χ3n) is 2.37. The van der Waals surface area contributed by atoms with E-state index in [1.165, 1.54) is 4.88 Å². The Kier molecular flexibility index (Phi) is 3.76. The Labute approximate surface area is 112 Å². The van der Waals surface area contributed by atoms with E-state index in [2.05, 4.69) is 45.2 Å². The first-order chi connectivity index (χ1) is 8.13. The summed E-state index contributed by atoms with van der Waals surface area (Å²) in [5, 5.41) is 0. The highest BCUT2D eigenvalue weighted by Crippen LogP contribution is 2.32. The topological polar surface area (TPSA) is 63.8 Å². The van der Waals surface area contributed by atoms with Crippen molar-refractivity contribution < 1.29 is 0 Å². The number of hydrogen-bond donors (Lipinski definition) is 2. The molecular weight excluding hydrogens is 300 g/mol. The Morgan fingerprint density at radius 1 is 1.41 bits per heavy atom. The summed E-state index contributed by atoms with van der Waals surface area (Å²) in [7, 11) is 0. The zero-order valence-corrected chi connectivity index (χ0v) is 12.0. The number of nitrogens with two attached hydrogens (primary N) is 1. The highest BCUT2D eigenvalue weighted by molar-refractivity contribution is 9.10. The first-order valence-corrected chi connectivity index (χ1v) is 6.86. The number of aryl methyl sites for hydroxylation is 2. The molecule has 0 saturated heterocycles. The normalized spacial score (nSPS) is 10.6. The lowest BCUT2D eigenvalue weighted by Crippen LogP contribution is -2.10. The Morgan fingerprint density at radius 2 is 2.18 bits per heavy atom. The summed E-state index contributed by atoms with van der Waals surface area (Å²) in [6.45, 7) is 4.12. The molecule has 0 atom stereocenters. The van der Waals surface area contributed by atoms with Gasteiger partial charge < -0.3 is 5.43 Å². The first-order valence-electron chi connectivity index (χ1n) is 5.25. The summed E-state index contributed by atoms with van der Waals surface area (Å²) in [6, 6.07) is 3.90. The molecule has 0 bridgehead atoms. The predicted molar refractivity (Wildman–Crippen MR) is 75.0 cm³/mol. The number of halogens is 1. The quantitative estimate of drug-likeness (QED) is 0.675. The first kappa shape index (κ1) is 12.5. The number of anilines is 1. The zero-order valence-electron chi connectivity index (χ0n) is 9.62. The molecule has 4 nitrogen and oxygen atoms in total. The van der Waals surface area contributed by atoms with Gasteiger partial charge in [-0.25, -0.2) is 15.8 Å². The van der Waals surface area contributed by atoms with Crippen LogP contribution in [0.25, 0.3) is 10.7 Å². The van der Waals surface area contributed by atoms with Crippen LogP contribution in [0.1, 0.15) is 17.5 Å². The molecule has 2 aromatic rings. The van der Waals surface area contributed by atoms with Crippen molar-refractivity contribution in [1.82, 2.24) is 9.97 Å². The second kappa shape index (κ2) is 5.12. The van der Waals surface area contributed by atoms with Gasteiger partial charge in [-0.1, -0.05) is 6.92 Å². The average molecular weight is 313 g/mol. The number of nitrogen functional groups attached to an aromatic ring is 1. The Morgan fingerprint density at radius 3 is 2.71 bits per heavy atom. The second-order valence-corrected chi connectivity index (χ2v) is 5.69. The number of rotatable bonds is 3. The van der Waals surface area contributed by atoms with Crippen LogP contribution in [-0.2, 0) is 6.42 Å². The maximum absolute atomic E-state index is 5.41. The van der Waals surface area contributed by atoms with Crippen molar-refractivity contribution in [2.75, 3.05) is 5.43 Å². The van der Waals surface area contributed by atoms with E-state index in [9.17, 15) is 0 Å². The van der Waals surface area contributed by atoms with Gasteiger partial charge in [0.25, 0.3) is 0 Å². The van der Waals surface area contributed by atoms with Gasteiger partial charge in [-0.3, -0.25) is 0 Å². The van der Waals surface area contributed by atoms with Gasteiger partial charge in [0.05, 0.1) is 4.88 Å². The molecule has 2 rings (SSSR count). The molecule has 3 N–H and O–H groups in total. The van der Waals surface area contributed by atoms with E-state index < -0.39 is 0 Å². The van der Waals surface area contributed by atoms with Crippen LogP contribution in [0.4, 0.5) is 5.82 Å². The van der Waals surface area contributed by atoms with Crippen molar-refractivity contribution >= 4 is 33.1 Å². The molecule has 2 heterocycles. The Bertz CT molecular complexity index is 497. The molecule has 0 aliphatic carbocycles. The Balaban J connectivity index is 2.50. The van der Waals surface area contributed by atoms with Crippen molar-refractivity contribution in [2.45, 2.75) is 20.3 Å². The number of nitrogens with zero attached hydrogens (tertiary/aromatic N) is 2. The van der Waals surface area contributed by atoms with E-state index in [-0.39, 0.29) is 0 Å². The highest BCUT2D eigenvalue weighted by Gasteiger charge is 2.10. The van der Waals surface area contributed by atoms with Crippen LogP contribution in [-0.4, -0.2) is 9.97 Å². The van der Waals surface area contributed by atoms with Gasteiger partial charge in [-0.05, 0) is 35.3 Å². The fourth-order valence-electron chi connectivity index (χ4n) is 1.43. The van der Waals surface area contributed by atoms with E-state index in [1.807, 2.05) is 12.1 Å². The monoisotopic (exact) mass is 312 g/mol. The molecule has 0 aliphatic heterocycles. The average Bonchev–Trinajstić information content (AvgIpc) is 2.69. The lowest BCUT2D eigenvalue weighted by atomic mass is 10.3. The van der Waals surface area contributed by atoms with E-state index in [4.69, 9.17) is 5.84 Å². The third kappa shape index (κ3) is 2.65. The number of aromatic nitrogens is 2. The number of thiophene rings is 1. The molecule has 0 amide bonds. The fraction of sp³-hybridized carbons (Fsp3) is 0.273. The smallest absolute Gasteiger partial charge is 0.171 e. The summed E-state index contributed by atoms with van der Waals surface area (Å²) in [5.74, 6) is 6.78. The standard InChI is InChI=1S/C11H13BrN4S/c1-3-7-4-10(16-13)15-11(14-7)9-5-8(12)6(2)17-9/h4-5H,3,13H2,1-2H3,(H,14,15,16). The summed E-state index contributed by atoms with van der Waals surface area (Å²) in [5.41, 5.74) is 3.55. The highest BCUT2D eigenvalue weighted by atomic mass is 79.9. The SMILES string of the molecule is CCc1cc(NN)nc(-c2cc(Br)c(C)s2)n1. The van der Waals surface area contributed by atoms with Crippen molar-refractivity contribution in [3.8, 4) is 10.7 Å².